The van der Waals surface area contributed by atoms with Crippen molar-refractivity contribution in [3.63, 3.8) is 0 Å². The molecule has 0 fully saturated rings. The van der Waals surface area contributed by atoms with Gasteiger partial charge in [-0.25, -0.2) is 5.48 Å². The summed E-state index contributed by atoms with van der Waals surface area (Å²) in [6.07, 6.45) is 0.825. The maximum absolute atomic E-state index is 8.69. The summed E-state index contributed by atoms with van der Waals surface area (Å²) in [6.45, 7) is 2.40. The second-order valence-corrected chi connectivity index (χ2v) is 3.13. The molecule has 0 amide bonds. The fourth-order valence-corrected chi connectivity index (χ4v) is 1.66. The van der Waals surface area contributed by atoms with Gasteiger partial charge in [0.1, 0.15) is 11.5 Å². The van der Waals surface area contributed by atoms with Gasteiger partial charge in [-0.2, -0.15) is 0 Å². The lowest BCUT2D eigenvalue weighted by molar-refractivity contribution is 0.160. The van der Waals surface area contributed by atoms with E-state index in [1.165, 1.54) is 0 Å². The Labute approximate surface area is 89.8 Å². The van der Waals surface area contributed by atoms with E-state index in [9.17, 15) is 0 Å². The lowest BCUT2D eigenvalue weighted by Crippen LogP contribution is -2.09. The molecule has 15 heavy (non-hydrogen) atoms. The second-order valence-electron chi connectivity index (χ2n) is 3.13. The van der Waals surface area contributed by atoms with Crippen LogP contribution in [-0.4, -0.2) is 19.4 Å². The Morgan fingerprint density at radius 2 is 2.00 bits per heavy atom. The number of benzene rings is 1. The Hall–Kier alpha value is -1.26. The molecule has 1 aromatic carbocycles. The maximum Gasteiger partial charge on any atom is 0.130 e. The van der Waals surface area contributed by atoms with Crippen molar-refractivity contribution in [2.24, 2.45) is 0 Å². The van der Waals surface area contributed by atoms with Gasteiger partial charge >= 0.3 is 0 Å². The van der Waals surface area contributed by atoms with Crippen molar-refractivity contribution < 1.29 is 14.7 Å². The number of ether oxygens (including phenoxy) is 2. The van der Waals surface area contributed by atoms with E-state index >= 15 is 0 Å². The Bertz CT molecular complexity index is 326. The molecule has 0 aliphatic carbocycles. The molecule has 1 rings (SSSR count). The average molecular weight is 211 g/mol. The molecule has 0 unspecified atom stereocenters. The van der Waals surface area contributed by atoms with Crippen LogP contribution in [0.15, 0.2) is 12.1 Å². The van der Waals surface area contributed by atoms with E-state index in [2.05, 4.69) is 5.48 Å². The van der Waals surface area contributed by atoms with Gasteiger partial charge in [0, 0.05) is 17.7 Å². The SMILES string of the molecule is CCc1c(OC)ccc(CNO)c1OC. The first-order valence-electron chi connectivity index (χ1n) is 4.88. The van der Waals surface area contributed by atoms with E-state index in [1.54, 1.807) is 14.2 Å². The Morgan fingerprint density at radius 3 is 2.47 bits per heavy atom. The number of hydroxylamine groups is 1. The first kappa shape index (κ1) is 11.8. The molecule has 1 aromatic rings. The van der Waals surface area contributed by atoms with Crippen molar-refractivity contribution in [3.05, 3.63) is 23.3 Å². The molecule has 0 bridgehead atoms. The summed E-state index contributed by atoms with van der Waals surface area (Å²) in [6, 6.07) is 3.76. The number of methoxy groups -OCH3 is 2. The summed E-state index contributed by atoms with van der Waals surface area (Å²) in [5, 5.41) is 8.69. The minimum atomic E-state index is 0.361. The largest absolute Gasteiger partial charge is 0.496 e. The molecule has 0 saturated carbocycles. The number of nitrogens with one attached hydrogen (secondary N) is 1. The summed E-state index contributed by atoms with van der Waals surface area (Å²) in [7, 11) is 3.26. The van der Waals surface area contributed by atoms with Crippen LogP contribution in [0, 0.1) is 0 Å². The topological polar surface area (TPSA) is 50.7 Å². The zero-order valence-electron chi connectivity index (χ0n) is 9.33. The average Bonchev–Trinajstić information content (AvgIpc) is 2.28. The molecule has 0 spiro atoms. The van der Waals surface area contributed by atoms with Crippen LogP contribution in [0.5, 0.6) is 11.5 Å². The van der Waals surface area contributed by atoms with Gasteiger partial charge in [-0.15, -0.1) is 0 Å². The highest BCUT2D eigenvalue weighted by atomic mass is 16.5. The summed E-state index contributed by atoms with van der Waals surface area (Å²) in [5.74, 6) is 1.59. The van der Waals surface area contributed by atoms with Crippen molar-refractivity contribution in [3.8, 4) is 11.5 Å². The van der Waals surface area contributed by atoms with Gasteiger partial charge in [0.25, 0.3) is 0 Å². The normalized spacial score (nSPS) is 10.1. The highest BCUT2D eigenvalue weighted by Gasteiger charge is 2.12. The van der Waals surface area contributed by atoms with Crippen LogP contribution in [0.3, 0.4) is 0 Å². The Kier molecular flexibility index (Phi) is 4.39. The maximum atomic E-state index is 8.69. The van der Waals surface area contributed by atoms with E-state index < -0.39 is 0 Å². The van der Waals surface area contributed by atoms with Gasteiger partial charge in [-0.1, -0.05) is 13.0 Å². The van der Waals surface area contributed by atoms with Crippen molar-refractivity contribution in [2.75, 3.05) is 14.2 Å². The second kappa shape index (κ2) is 5.58. The van der Waals surface area contributed by atoms with Gasteiger partial charge in [0.2, 0.25) is 0 Å². The molecule has 0 atom stereocenters. The first-order valence-corrected chi connectivity index (χ1v) is 4.88. The Morgan fingerprint density at radius 1 is 1.27 bits per heavy atom. The first-order chi connectivity index (χ1) is 7.28. The molecule has 0 aliphatic heterocycles. The molecule has 0 aromatic heterocycles. The van der Waals surface area contributed by atoms with Gasteiger partial charge < -0.3 is 14.7 Å². The third-order valence-corrected chi connectivity index (χ3v) is 2.35. The van der Waals surface area contributed by atoms with E-state index in [4.69, 9.17) is 14.7 Å². The summed E-state index contributed by atoms with van der Waals surface area (Å²) < 4.78 is 10.6. The molecule has 4 nitrogen and oxygen atoms in total. The van der Waals surface area contributed by atoms with Crippen LogP contribution < -0.4 is 15.0 Å². The highest BCUT2D eigenvalue weighted by molar-refractivity contribution is 5.50. The highest BCUT2D eigenvalue weighted by Crippen LogP contribution is 2.32. The molecule has 4 heteroatoms. The molecular formula is C11H17NO3. The zero-order chi connectivity index (χ0) is 11.3. The standard InChI is InChI=1S/C11H17NO3/c1-4-9-10(14-2)6-5-8(7-12-13)11(9)15-3/h5-6,12-13H,4,7H2,1-3H3. The third-order valence-electron chi connectivity index (χ3n) is 2.35. The molecule has 84 valence electrons. The van der Waals surface area contributed by atoms with Crippen molar-refractivity contribution in [2.45, 2.75) is 19.9 Å². The number of rotatable bonds is 5. The van der Waals surface area contributed by atoms with Crippen molar-refractivity contribution >= 4 is 0 Å². The van der Waals surface area contributed by atoms with E-state index in [0.29, 0.717) is 6.54 Å². The van der Waals surface area contributed by atoms with Crippen LogP contribution in [0.4, 0.5) is 0 Å². The summed E-state index contributed by atoms with van der Waals surface area (Å²) in [4.78, 5) is 0. The smallest absolute Gasteiger partial charge is 0.130 e. The molecule has 0 heterocycles. The van der Waals surface area contributed by atoms with Crippen molar-refractivity contribution in [1.82, 2.24) is 5.48 Å². The van der Waals surface area contributed by atoms with Crippen LogP contribution in [0.2, 0.25) is 0 Å². The minimum absolute atomic E-state index is 0.361. The zero-order valence-corrected chi connectivity index (χ0v) is 9.33. The third kappa shape index (κ3) is 2.40. The lowest BCUT2D eigenvalue weighted by atomic mass is 10.1. The van der Waals surface area contributed by atoms with Crippen LogP contribution in [0.25, 0.3) is 0 Å². The fourth-order valence-electron chi connectivity index (χ4n) is 1.66. The minimum Gasteiger partial charge on any atom is -0.496 e. The number of hydrogen-bond donors (Lipinski definition) is 2. The van der Waals surface area contributed by atoms with Gasteiger partial charge in [-0.05, 0) is 12.5 Å². The van der Waals surface area contributed by atoms with Crippen LogP contribution >= 0.6 is 0 Å². The monoisotopic (exact) mass is 211 g/mol. The van der Waals surface area contributed by atoms with Gasteiger partial charge in [0.15, 0.2) is 0 Å². The number of hydrogen-bond acceptors (Lipinski definition) is 4. The molecular weight excluding hydrogens is 194 g/mol. The van der Waals surface area contributed by atoms with Gasteiger partial charge in [0.05, 0.1) is 14.2 Å². The van der Waals surface area contributed by atoms with Crippen LogP contribution in [-0.2, 0) is 13.0 Å². The summed E-state index contributed by atoms with van der Waals surface area (Å²) >= 11 is 0. The van der Waals surface area contributed by atoms with Crippen molar-refractivity contribution in [1.29, 1.82) is 0 Å². The molecule has 0 saturated heterocycles. The fraction of sp³-hybridized carbons (Fsp3) is 0.455. The van der Waals surface area contributed by atoms with E-state index in [1.807, 2.05) is 19.1 Å². The predicted molar refractivity (Wildman–Crippen MR) is 57.6 cm³/mol. The van der Waals surface area contributed by atoms with Crippen LogP contribution in [0.1, 0.15) is 18.1 Å². The molecule has 0 aliphatic rings. The quantitative estimate of drug-likeness (QED) is 0.728. The van der Waals surface area contributed by atoms with E-state index in [0.717, 1.165) is 29.0 Å². The predicted octanol–water partition coefficient (Wildman–Crippen LogP) is 1.74. The Balaban J connectivity index is 3.21. The lowest BCUT2D eigenvalue weighted by Gasteiger charge is -2.15. The van der Waals surface area contributed by atoms with E-state index in [-0.39, 0.29) is 0 Å². The summed E-state index contributed by atoms with van der Waals surface area (Å²) in [5.41, 5.74) is 4.06. The molecule has 0 radical (unpaired) electrons. The molecule has 2 N–H and O–H groups in total. The van der Waals surface area contributed by atoms with Gasteiger partial charge in [-0.3, -0.25) is 0 Å².